The quantitative estimate of drug-likeness (QED) is 0.808. The van der Waals surface area contributed by atoms with Crippen molar-refractivity contribution in [3.8, 4) is 0 Å². The molecule has 6 heteroatoms. The Bertz CT molecular complexity index is 648. The summed E-state index contributed by atoms with van der Waals surface area (Å²) in [5, 5.41) is 0.684. The summed E-state index contributed by atoms with van der Waals surface area (Å²) in [5.74, 6) is 0.461. The van der Waals surface area contributed by atoms with Gasteiger partial charge in [-0.15, -0.1) is 0 Å². The summed E-state index contributed by atoms with van der Waals surface area (Å²) in [6, 6.07) is 6.06. The molecule has 0 aromatic heterocycles. The maximum absolute atomic E-state index is 13.1. The molecule has 0 unspecified atom stereocenters. The van der Waals surface area contributed by atoms with Crippen molar-refractivity contribution in [1.29, 1.82) is 0 Å². The fourth-order valence-electron chi connectivity index (χ4n) is 4.25. The van der Waals surface area contributed by atoms with Crippen LogP contribution in [0.25, 0.3) is 0 Å². The maximum atomic E-state index is 13.1. The first-order valence-corrected chi connectivity index (χ1v) is 9.61. The molecule has 3 saturated heterocycles. The molecule has 4 rings (SSSR count). The van der Waals surface area contributed by atoms with Crippen LogP contribution in [0.2, 0.25) is 5.02 Å². The molecule has 0 spiro atoms. The Morgan fingerprint density at radius 1 is 1.16 bits per heavy atom. The van der Waals surface area contributed by atoms with Crippen LogP contribution in [0.5, 0.6) is 0 Å². The number of hydrogen-bond acceptors (Lipinski definition) is 4. The Morgan fingerprint density at radius 2 is 1.96 bits per heavy atom. The molecule has 136 valence electrons. The highest BCUT2D eigenvalue weighted by molar-refractivity contribution is 6.33. The molecule has 3 fully saturated rings. The van der Waals surface area contributed by atoms with E-state index in [1.165, 1.54) is 12.8 Å². The summed E-state index contributed by atoms with van der Waals surface area (Å²) in [5.41, 5.74) is 1.74. The van der Waals surface area contributed by atoms with Crippen molar-refractivity contribution in [2.45, 2.75) is 18.9 Å². The molecule has 2 atom stereocenters. The SMILES string of the molecule is CN1C[C@H]2COC[C@@H]1CN(C(=O)c1ccc(N3CCCC3)c(Cl)c1)C2. The fourth-order valence-corrected chi connectivity index (χ4v) is 4.55. The third-order valence-electron chi connectivity index (χ3n) is 5.67. The van der Waals surface area contributed by atoms with Gasteiger partial charge in [0.15, 0.2) is 0 Å². The van der Waals surface area contributed by atoms with E-state index in [2.05, 4.69) is 16.8 Å². The van der Waals surface area contributed by atoms with Crippen molar-refractivity contribution in [2.24, 2.45) is 5.92 Å². The lowest BCUT2D eigenvalue weighted by atomic mass is 10.1. The molecular weight excluding hydrogens is 338 g/mol. The van der Waals surface area contributed by atoms with Crippen LogP contribution >= 0.6 is 11.6 Å². The highest BCUT2D eigenvalue weighted by atomic mass is 35.5. The first kappa shape index (κ1) is 17.1. The van der Waals surface area contributed by atoms with Crippen LogP contribution in [0, 0.1) is 5.92 Å². The third-order valence-corrected chi connectivity index (χ3v) is 5.97. The molecular formula is C19H26ClN3O2. The molecule has 1 amide bonds. The van der Waals surface area contributed by atoms with Gasteiger partial charge in [-0.2, -0.15) is 0 Å². The molecule has 0 N–H and O–H groups in total. The number of ether oxygens (including phenoxy) is 1. The topological polar surface area (TPSA) is 36.0 Å². The van der Waals surface area contributed by atoms with E-state index in [1.54, 1.807) is 0 Å². The van der Waals surface area contributed by atoms with E-state index in [9.17, 15) is 4.79 Å². The second kappa shape index (κ2) is 7.14. The van der Waals surface area contributed by atoms with E-state index in [0.717, 1.165) is 45.0 Å². The number of amides is 1. The molecule has 25 heavy (non-hydrogen) atoms. The van der Waals surface area contributed by atoms with Crippen LogP contribution < -0.4 is 4.90 Å². The van der Waals surface area contributed by atoms with Gasteiger partial charge in [0, 0.05) is 44.2 Å². The zero-order chi connectivity index (χ0) is 17.4. The van der Waals surface area contributed by atoms with Gasteiger partial charge >= 0.3 is 0 Å². The van der Waals surface area contributed by atoms with E-state index in [4.69, 9.17) is 16.3 Å². The number of benzene rings is 1. The van der Waals surface area contributed by atoms with Crippen molar-refractivity contribution in [3.05, 3.63) is 28.8 Å². The number of anilines is 1. The molecule has 0 aliphatic carbocycles. The zero-order valence-corrected chi connectivity index (χ0v) is 15.5. The molecule has 1 aromatic carbocycles. The smallest absolute Gasteiger partial charge is 0.253 e. The van der Waals surface area contributed by atoms with E-state index in [0.29, 0.717) is 23.1 Å². The summed E-state index contributed by atoms with van der Waals surface area (Å²) in [6.07, 6.45) is 2.42. The largest absolute Gasteiger partial charge is 0.379 e. The summed E-state index contributed by atoms with van der Waals surface area (Å²) >= 11 is 6.50. The molecule has 5 nitrogen and oxygen atoms in total. The normalized spacial score (nSPS) is 27.4. The van der Waals surface area contributed by atoms with Crippen LogP contribution in [0.4, 0.5) is 5.69 Å². The Morgan fingerprint density at radius 3 is 2.72 bits per heavy atom. The van der Waals surface area contributed by atoms with Crippen molar-refractivity contribution in [1.82, 2.24) is 9.80 Å². The van der Waals surface area contributed by atoms with E-state index in [1.807, 2.05) is 23.1 Å². The first-order chi connectivity index (χ1) is 12.1. The summed E-state index contributed by atoms with van der Waals surface area (Å²) in [6.45, 7) is 6.00. The number of nitrogens with zero attached hydrogens (tertiary/aromatic N) is 3. The standard InChI is InChI=1S/C19H26ClN3O2/c1-21-9-14-10-23(11-16(21)13-25-12-14)19(24)15-4-5-18(17(20)8-15)22-6-2-3-7-22/h4-5,8,14,16H,2-3,6-7,9-13H2,1H3/t14-,16+/m1/s1. The number of fused-ring (bicyclic) bond motifs is 3. The van der Waals surface area contributed by atoms with Crippen LogP contribution in [0.15, 0.2) is 18.2 Å². The molecule has 1 aromatic rings. The highest BCUT2D eigenvalue weighted by Crippen LogP contribution is 2.30. The molecule has 3 heterocycles. The summed E-state index contributed by atoms with van der Waals surface area (Å²) < 4.78 is 5.75. The number of carbonyl (C=O) groups is 1. The van der Waals surface area contributed by atoms with E-state index < -0.39 is 0 Å². The van der Waals surface area contributed by atoms with E-state index >= 15 is 0 Å². The van der Waals surface area contributed by atoms with Gasteiger partial charge in [0.1, 0.15) is 0 Å². The molecule has 2 bridgehead atoms. The van der Waals surface area contributed by atoms with Gasteiger partial charge in [0.2, 0.25) is 0 Å². The van der Waals surface area contributed by atoms with Crippen molar-refractivity contribution >= 4 is 23.2 Å². The van der Waals surface area contributed by atoms with Gasteiger partial charge in [0.05, 0.1) is 30.0 Å². The Kier molecular flexibility index (Phi) is 4.89. The zero-order valence-electron chi connectivity index (χ0n) is 14.8. The first-order valence-electron chi connectivity index (χ1n) is 9.23. The van der Waals surface area contributed by atoms with Crippen molar-refractivity contribution in [3.63, 3.8) is 0 Å². The van der Waals surface area contributed by atoms with Gasteiger partial charge in [-0.1, -0.05) is 11.6 Å². The maximum Gasteiger partial charge on any atom is 0.253 e. The lowest BCUT2D eigenvalue weighted by Crippen LogP contribution is -2.44. The van der Waals surface area contributed by atoms with Gasteiger partial charge in [0.25, 0.3) is 5.91 Å². The third kappa shape index (κ3) is 3.50. The molecule has 0 radical (unpaired) electrons. The highest BCUT2D eigenvalue weighted by Gasteiger charge is 2.33. The van der Waals surface area contributed by atoms with Crippen molar-refractivity contribution < 1.29 is 9.53 Å². The number of halogens is 1. The second-order valence-corrected chi connectivity index (χ2v) is 7.97. The average Bonchev–Trinajstić information content (AvgIpc) is 2.99. The Labute approximate surface area is 154 Å². The molecule has 3 aliphatic heterocycles. The Hall–Kier alpha value is -1.30. The number of likely N-dealkylation sites (N-methyl/N-ethyl adjacent to an activating group) is 1. The minimum absolute atomic E-state index is 0.0853. The minimum atomic E-state index is 0.0853. The van der Waals surface area contributed by atoms with Gasteiger partial charge in [-0.3, -0.25) is 9.69 Å². The summed E-state index contributed by atoms with van der Waals surface area (Å²) in [7, 11) is 2.13. The van der Waals surface area contributed by atoms with Gasteiger partial charge < -0.3 is 14.5 Å². The lowest BCUT2D eigenvalue weighted by molar-refractivity contribution is 0.0434. The fraction of sp³-hybridized carbons (Fsp3) is 0.632. The van der Waals surface area contributed by atoms with Crippen LogP contribution in [0.1, 0.15) is 23.2 Å². The molecule has 0 saturated carbocycles. The predicted octanol–water partition coefficient (Wildman–Crippen LogP) is 2.34. The average molecular weight is 364 g/mol. The predicted molar refractivity (Wildman–Crippen MR) is 99.5 cm³/mol. The molecule has 3 aliphatic rings. The number of rotatable bonds is 2. The van der Waals surface area contributed by atoms with Crippen LogP contribution in [-0.2, 0) is 4.74 Å². The van der Waals surface area contributed by atoms with Crippen LogP contribution in [-0.4, -0.2) is 74.7 Å². The van der Waals surface area contributed by atoms with Gasteiger partial charge in [-0.05, 0) is 38.1 Å². The Balaban J connectivity index is 1.53. The van der Waals surface area contributed by atoms with Gasteiger partial charge in [-0.25, -0.2) is 0 Å². The lowest BCUT2D eigenvalue weighted by Gasteiger charge is -2.30. The monoisotopic (exact) mass is 363 g/mol. The minimum Gasteiger partial charge on any atom is -0.379 e. The summed E-state index contributed by atoms with van der Waals surface area (Å²) in [4.78, 5) is 19.7. The second-order valence-electron chi connectivity index (χ2n) is 7.57. The van der Waals surface area contributed by atoms with Crippen LogP contribution in [0.3, 0.4) is 0 Å². The number of carbonyl (C=O) groups excluding carboxylic acids is 1. The van der Waals surface area contributed by atoms with E-state index in [-0.39, 0.29) is 11.9 Å². The van der Waals surface area contributed by atoms with Crippen molar-refractivity contribution in [2.75, 3.05) is 57.9 Å². The number of hydrogen-bond donors (Lipinski definition) is 0.